The summed E-state index contributed by atoms with van der Waals surface area (Å²) in [6.45, 7) is 0.0283. The van der Waals surface area contributed by atoms with Gasteiger partial charge in [0.15, 0.2) is 0 Å². The van der Waals surface area contributed by atoms with Crippen LogP contribution >= 0.6 is 11.6 Å². The van der Waals surface area contributed by atoms with Gasteiger partial charge in [-0.2, -0.15) is 0 Å². The van der Waals surface area contributed by atoms with Crippen molar-refractivity contribution >= 4 is 11.6 Å². The zero-order valence-electron chi connectivity index (χ0n) is 6.92. The first-order valence-electron chi connectivity index (χ1n) is 4.15. The van der Waals surface area contributed by atoms with E-state index in [0.29, 0.717) is 0 Å². The Morgan fingerprint density at radius 1 is 1.25 bits per heavy atom. The fourth-order valence-electron chi connectivity index (χ4n) is 1.12. The van der Waals surface area contributed by atoms with E-state index in [1.165, 1.54) is 5.56 Å². The van der Waals surface area contributed by atoms with Gasteiger partial charge in [0, 0.05) is 5.02 Å². The van der Waals surface area contributed by atoms with Crippen LogP contribution in [0.3, 0.4) is 0 Å². The van der Waals surface area contributed by atoms with Gasteiger partial charge in [0.2, 0.25) is 0 Å². The maximum Gasteiger partial charge on any atom is 0.0822 e. The molecule has 0 unspecified atom stereocenters. The van der Waals surface area contributed by atoms with Gasteiger partial charge >= 0.3 is 0 Å². The molecule has 0 saturated heterocycles. The van der Waals surface area contributed by atoms with Gasteiger partial charge in [0.05, 0.1) is 6.61 Å². The minimum Gasteiger partial charge on any atom is -0.237 e. The van der Waals surface area contributed by atoms with Gasteiger partial charge in [-0.1, -0.05) is 23.7 Å². The normalized spacial score (nSPS) is 10.2. The van der Waals surface area contributed by atoms with Crippen molar-refractivity contribution < 1.29 is 5.11 Å². The lowest BCUT2D eigenvalue weighted by molar-refractivity contribution is 0.187. The molecule has 65 valence electrons. The molecule has 0 saturated carbocycles. The molecule has 2 heteroatoms. The highest BCUT2D eigenvalue weighted by Gasteiger charge is 1.93. The van der Waals surface area contributed by atoms with Crippen LogP contribution in [-0.2, 0) is 11.5 Å². The van der Waals surface area contributed by atoms with Crippen molar-refractivity contribution in [2.24, 2.45) is 0 Å². The standard InChI is InChI=1S/C10H12ClO/c11-10-6-3-5-9(8-10)4-1-2-7-12/h3,5-6,8H,1-2,4,7H2. The molecule has 1 aromatic carbocycles. The Labute approximate surface area is 78.0 Å². The molecule has 0 aliphatic heterocycles. The number of halogens is 1. The van der Waals surface area contributed by atoms with Crippen molar-refractivity contribution in [1.29, 1.82) is 0 Å². The van der Waals surface area contributed by atoms with Crippen molar-refractivity contribution in [2.75, 3.05) is 6.61 Å². The third-order valence-electron chi connectivity index (χ3n) is 1.75. The predicted octanol–water partition coefficient (Wildman–Crippen LogP) is 3.09. The lowest BCUT2D eigenvalue weighted by Gasteiger charge is -1.99. The highest BCUT2D eigenvalue weighted by Crippen LogP contribution is 2.12. The van der Waals surface area contributed by atoms with E-state index in [1.807, 2.05) is 24.3 Å². The van der Waals surface area contributed by atoms with Crippen molar-refractivity contribution in [2.45, 2.75) is 19.3 Å². The number of unbranched alkanes of at least 4 members (excludes halogenated alkanes) is 1. The lowest BCUT2D eigenvalue weighted by atomic mass is 10.1. The van der Waals surface area contributed by atoms with Gasteiger partial charge in [-0.05, 0) is 37.0 Å². The van der Waals surface area contributed by atoms with E-state index in [9.17, 15) is 5.11 Å². The predicted molar refractivity (Wildman–Crippen MR) is 49.9 cm³/mol. The monoisotopic (exact) mass is 183 g/mol. The van der Waals surface area contributed by atoms with E-state index in [-0.39, 0.29) is 6.61 Å². The topological polar surface area (TPSA) is 19.9 Å². The van der Waals surface area contributed by atoms with Crippen LogP contribution in [0.15, 0.2) is 24.3 Å². The Kier molecular flexibility index (Phi) is 4.12. The fraction of sp³-hybridized carbons (Fsp3) is 0.400. The molecular weight excluding hydrogens is 172 g/mol. The van der Waals surface area contributed by atoms with Gasteiger partial charge in [0.25, 0.3) is 0 Å². The van der Waals surface area contributed by atoms with Gasteiger partial charge in [-0.15, -0.1) is 0 Å². The Bertz CT molecular complexity index is 235. The Morgan fingerprint density at radius 2 is 2.08 bits per heavy atom. The summed E-state index contributed by atoms with van der Waals surface area (Å²) in [7, 11) is 0. The molecule has 12 heavy (non-hydrogen) atoms. The summed E-state index contributed by atoms with van der Waals surface area (Å²) in [5.41, 5.74) is 1.22. The summed E-state index contributed by atoms with van der Waals surface area (Å²) in [6, 6.07) is 7.79. The summed E-state index contributed by atoms with van der Waals surface area (Å²) in [4.78, 5) is 0. The Balaban J connectivity index is 2.41. The molecule has 1 rings (SSSR count). The van der Waals surface area contributed by atoms with Crippen molar-refractivity contribution in [3.8, 4) is 0 Å². The van der Waals surface area contributed by atoms with Crippen LogP contribution in [0.25, 0.3) is 0 Å². The summed E-state index contributed by atoms with van der Waals surface area (Å²) in [5, 5.41) is 10.9. The molecule has 0 aromatic heterocycles. The summed E-state index contributed by atoms with van der Waals surface area (Å²) >= 11 is 5.80. The second kappa shape index (κ2) is 5.18. The van der Waals surface area contributed by atoms with Crippen molar-refractivity contribution in [1.82, 2.24) is 0 Å². The fourth-order valence-corrected chi connectivity index (χ4v) is 1.34. The van der Waals surface area contributed by atoms with Crippen LogP contribution < -0.4 is 0 Å². The maximum absolute atomic E-state index is 10.2. The lowest BCUT2D eigenvalue weighted by Crippen LogP contribution is -1.87. The molecule has 1 nitrogen and oxygen atoms in total. The molecule has 0 N–H and O–H groups in total. The van der Waals surface area contributed by atoms with E-state index < -0.39 is 0 Å². The van der Waals surface area contributed by atoms with Crippen LogP contribution in [0.5, 0.6) is 0 Å². The highest BCUT2D eigenvalue weighted by atomic mass is 35.5. The average molecular weight is 184 g/mol. The second-order valence-corrected chi connectivity index (χ2v) is 3.23. The molecular formula is C10H12ClO. The number of hydrogen-bond acceptors (Lipinski definition) is 0. The molecule has 0 aliphatic rings. The largest absolute Gasteiger partial charge is 0.237 e. The van der Waals surface area contributed by atoms with Gasteiger partial charge in [-0.3, -0.25) is 0 Å². The molecule has 1 aromatic rings. The van der Waals surface area contributed by atoms with Crippen LogP contribution in [0.4, 0.5) is 0 Å². The quantitative estimate of drug-likeness (QED) is 0.640. The summed E-state index contributed by atoms with van der Waals surface area (Å²) in [5.74, 6) is 0. The van der Waals surface area contributed by atoms with Gasteiger partial charge < -0.3 is 0 Å². The maximum atomic E-state index is 10.2. The van der Waals surface area contributed by atoms with E-state index in [1.54, 1.807) is 0 Å². The van der Waals surface area contributed by atoms with Gasteiger partial charge in [0.1, 0.15) is 0 Å². The van der Waals surface area contributed by atoms with Gasteiger partial charge in [-0.25, -0.2) is 5.11 Å². The zero-order chi connectivity index (χ0) is 8.81. The van der Waals surface area contributed by atoms with E-state index in [0.717, 1.165) is 24.3 Å². The Hall–Kier alpha value is -0.530. The number of aryl methyl sites for hydroxylation is 1. The molecule has 0 spiro atoms. The smallest absolute Gasteiger partial charge is 0.0822 e. The van der Waals surface area contributed by atoms with Crippen LogP contribution in [-0.4, -0.2) is 6.61 Å². The molecule has 1 radical (unpaired) electrons. The number of benzene rings is 1. The molecule has 0 heterocycles. The highest BCUT2D eigenvalue weighted by molar-refractivity contribution is 6.30. The molecule has 0 bridgehead atoms. The van der Waals surface area contributed by atoms with Crippen LogP contribution in [0.1, 0.15) is 18.4 Å². The minimum absolute atomic E-state index is 0.0283. The average Bonchev–Trinajstić information content (AvgIpc) is 2.05. The first kappa shape index (κ1) is 9.56. The first-order chi connectivity index (χ1) is 5.83. The summed E-state index contributed by atoms with van der Waals surface area (Å²) < 4.78 is 0. The van der Waals surface area contributed by atoms with Crippen LogP contribution in [0, 0.1) is 0 Å². The zero-order valence-corrected chi connectivity index (χ0v) is 7.68. The van der Waals surface area contributed by atoms with Crippen molar-refractivity contribution in [3.63, 3.8) is 0 Å². The van der Waals surface area contributed by atoms with E-state index >= 15 is 0 Å². The minimum atomic E-state index is 0.0283. The second-order valence-electron chi connectivity index (χ2n) is 2.79. The molecule has 0 amide bonds. The SMILES string of the molecule is [O]CCCCc1cccc(Cl)c1. The third kappa shape index (κ3) is 3.24. The molecule has 0 aliphatic carbocycles. The summed E-state index contributed by atoms with van der Waals surface area (Å²) in [6.07, 6.45) is 2.68. The third-order valence-corrected chi connectivity index (χ3v) is 1.98. The first-order valence-corrected chi connectivity index (χ1v) is 4.53. The number of hydrogen-bond donors (Lipinski definition) is 0. The molecule has 0 fully saturated rings. The van der Waals surface area contributed by atoms with Crippen LogP contribution in [0.2, 0.25) is 5.02 Å². The number of rotatable bonds is 4. The Morgan fingerprint density at radius 3 is 2.75 bits per heavy atom. The van der Waals surface area contributed by atoms with E-state index in [2.05, 4.69) is 0 Å². The molecule has 0 atom stereocenters. The van der Waals surface area contributed by atoms with E-state index in [4.69, 9.17) is 11.6 Å². The van der Waals surface area contributed by atoms with Crippen molar-refractivity contribution in [3.05, 3.63) is 34.9 Å².